The Morgan fingerprint density at radius 2 is 2.04 bits per heavy atom. The van der Waals surface area contributed by atoms with Crippen molar-refractivity contribution in [1.29, 1.82) is 5.26 Å². The summed E-state index contributed by atoms with van der Waals surface area (Å²) in [7, 11) is 0. The van der Waals surface area contributed by atoms with E-state index < -0.39 is 0 Å². The molecule has 4 nitrogen and oxygen atoms in total. The van der Waals surface area contributed by atoms with E-state index in [0.717, 1.165) is 10.4 Å². The van der Waals surface area contributed by atoms with Gasteiger partial charge >= 0.3 is 0 Å². The van der Waals surface area contributed by atoms with Crippen molar-refractivity contribution in [3.8, 4) is 6.07 Å². The molecule has 0 atom stereocenters. The van der Waals surface area contributed by atoms with Gasteiger partial charge in [0.1, 0.15) is 0 Å². The number of aromatic nitrogens is 1. The van der Waals surface area contributed by atoms with Crippen molar-refractivity contribution in [2.24, 2.45) is 0 Å². The second-order valence-corrected chi connectivity index (χ2v) is 7.07. The SMILES string of the molecule is N#Cc1cccc(C(=O)Nc2ncc(Cc3cccc(Cl)c3Cl)s2)c1. The number of halogens is 2. The topological polar surface area (TPSA) is 65.8 Å². The lowest BCUT2D eigenvalue weighted by Crippen LogP contribution is -2.11. The third kappa shape index (κ3) is 4.18. The van der Waals surface area contributed by atoms with E-state index in [1.807, 2.05) is 18.2 Å². The molecule has 0 saturated carbocycles. The molecule has 0 aliphatic rings. The zero-order valence-corrected chi connectivity index (χ0v) is 15.1. The van der Waals surface area contributed by atoms with Gasteiger partial charge in [0.05, 0.1) is 21.7 Å². The number of nitriles is 1. The molecule has 124 valence electrons. The molecular weight excluding hydrogens is 377 g/mol. The van der Waals surface area contributed by atoms with Gasteiger partial charge in [0, 0.05) is 23.1 Å². The van der Waals surface area contributed by atoms with Crippen LogP contribution in [0.2, 0.25) is 10.0 Å². The Morgan fingerprint density at radius 3 is 2.84 bits per heavy atom. The van der Waals surface area contributed by atoms with Crippen LogP contribution in [0.15, 0.2) is 48.7 Å². The van der Waals surface area contributed by atoms with Crippen LogP contribution >= 0.6 is 34.5 Å². The third-order valence-corrected chi connectivity index (χ3v) is 5.19. The Hall–Kier alpha value is -2.39. The van der Waals surface area contributed by atoms with Crippen LogP contribution < -0.4 is 5.32 Å². The molecule has 3 aromatic rings. The van der Waals surface area contributed by atoms with Crippen LogP contribution in [0.4, 0.5) is 5.13 Å². The molecule has 0 saturated heterocycles. The van der Waals surface area contributed by atoms with E-state index in [-0.39, 0.29) is 5.91 Å². The number of carbonyl (C=O) groups is 1. The van der Waals surface area contributed by atoms with Gasteiger partial charge in [-0.3, -0.25) is 10.1 Å². The van der Waals surface area contributed by atoms with Crippen LogP contribution in [0.3, 0.4) is 0 Å². The van der Waals surface area contributed by atoms with Gasteiger partial charge in [-0.1, -0.05) is 41.4 Å². The molecule has 25 heavy (non-hydrogen) atoms. The lowest BCUT2D eigenvalue weighted by molar-refractivity contribution is 0.102. The average Bonchev–Trinajstić information content (AvgIpc) is 3.06. The minimum atomic E-state index is -0.307. The van der Waals surface area contributed by atoms with Crippen LogP contribution in [-0.4, -0.2) is 10.9 Å². The molecule has 3 rings (SSSR count). The minimum absolute atomic E-state index is 0.307. The zero-order chi connectivity index (χ0) is 17.8. The summed E-state index contributed by atoms with van der Waals surface area (Å²) in [5.41, 5.74) is 1.74. The monoisotopic (exact) mass is 387 g/mol. The number of hydrogen-bond donors (Lipinski definition) is 1. The summed E-state index contributed by atoms with van der Waals surface area (Å²) in [6.07, 6.45) is 2.28. The van der Waals surface area contributed by atoms with E-state index in [0.29, 0.717) is 32.7 Å². The van der Waals surface area contributed by atoms with E-state index in [9.17, 15) is 4.79 Å². The first-order valence-corrected chi connectivity index (χ1v) is 8.83. The van der Waals surface area contributed by atoms with E-state index in [1.54, 1.807) is 30.5 Å². The Labute approximate surface area is 158 Å². The molecule has 1 heterocycles. The lowest BCUT2D eigenvalue weighted by atomic mass is 10.1. The molecule has 7 heteroatoms. The van der Waals surface area contributed by atoms with E-state index in [2.05, 4.69) is 10.3 Å². The largest absolute Gasteiger partial charge is 0.298 e. The van der Waals surface area contributed by atoms with Gasteiger partial charge in [-0.2, -0.15) is 5.26 Å². The first-order valence-electron chi connectivity index (χ1n) is 7.26. The highest BCUT2D eigenvalue weighted by Gasteiger charge is 2.11. The molecule has 0 bridgehead atoms. The van der Waals surface area contributed by atoms with E-state index in [4.69, 9.17) is 28.5 Å². The van der Waals surface area contributed by atoms with Gasteiger partial charge in [-0.25, -0.2) is 4.98 Å². The Morgan fingerprint density at radius 1 is 1.24 bits per heavy atom. The molecule has 0 aliphatic carbocycles. The van der Waals surface area contributed by atoms with Crippen LogP contribution in [0.25, 0.3) is 0 Å². The molecule has 0 unspecified atom stereocenters. The Balaban J connectivity index is 1.72. The van der Waals surface area contributed by atoms with Crippen LogP contribution in [0, 0.1) is 11.3 Å². The predicted molar refractivity (Wildman–Crippen MR) is 100 cm³/mol. The number of nitrogens with zero attached hydrogens (tertiary/aromatic N) is 2. The maximum Gasteiger partial charge on any atom is 0.257 e. The van der Waals surface area contributed by atoms with Gasteiger partial charge in [0.25, 0.3) is 5.91 Å². The summed E-state index contributed by atoms with van der Waals surface area (Å²) in [6.45, 7) is 0. The van der Waals surface area contributed by atoms with E-state index >= 15 is 0 Å². The predicted octanol–water partition coefficient (Wildman–Crippen LogP) is 5.16. The second-order valence-electron chi connectivity index (χ2n) is 5.17. The van der Waals surface area contributed by atoms with Crippen molar-refractivity contribution < 1.29 is 4.79 Å². The summed E-state index contributed by atoms with van der Waals surface area (Å²) in [5, 5.41) is 13.2. The number of carbonyl (C=O) groups excluding carboxylic acids is 1. The number of benzene rings is 2. The van der Waals surface area contributed by atoms with Crippen LogP contribution in [-0.2, 0) is 6.42 Å². The first-order chi connectivity index (χ1) is 12.1. The Bertz CT molecular complexity index is 978. The molecule has 0 fully saturated rings. The number of amides is 1. The van der Waals surface area contributed by atoms with Gasteiger partial charge in [0.2, 0.25) is 0 Å². The zero-order valence-electron chi connectivity index (χ0n) is 12.8. The quantitative estimate of drug-likeness (QED) is 0.671. The molecule has 0 aliphatic heterocycles. The lowest BCUT2D eigenvalue weighted by Gasteiger charge is -2.03. The van der Waals surface area contributed by atoms with Crippen molar-refractivity contribution in [2.75, 3.05) is 5.32 Å². The van der Waals surface area contributed by atoms with Gasteiger partial charge in [-0.05, 0) is 29.8 Å². The molecule has 1 aromatic heterocycles. The van der Waals surface area contributed by atoms with Crippen molar-refractivity contribution >= 4 is 45.6 Å². The summed E-state index contributed by atoms with van der Waals surface area (Å²) >= 11 is 13.6. The van der Waals surface area contributed by atoms with Crippen molar-refractivity contribution in [1.82, 2.24) is 4.98 Å². The fourth-order valence-corrected chi connectivity index (χ4v) is 3.44. The fourth-order valence-electron chi connectivity index (χ4n) is 2.22. The smallest absolute Gasteiger partial charge is 0.257 e. The highest BCUT2D eigenvalue weighted by Crippen LogP contribution is 2.29. The summed E-state index contributed by atoms with van der Waals surface area (Å²) in [4.78, 5) is 17.4. The molecule has 0 radical (unpaired) electrons. The summed E-state index contributed by atoms with van der Waals surface area (Å²) in [5.74, 6) is -0.307. The van der Waals surface area contributed by atoms with Crippen molar-refractivity contribution in [2.45, 2.75) is 6.42 Å². The molecule has 1 amide bonds. The van der Waals surface area contributed by atoms with Crippen molar-refractivity contribution in [3.63, 3.8) is 0 Å². The molecule has 2 aromatic carbocycles. The number of rotatable bonds is 4. The third-order valence-electron chi connectivity index (χ3n) is 3.42. The van der Waals surface area contributed by atoms with Gasteiger partial charge in [0.15, 0.2) is 5.13 Å². The number of anilines is 1. The number of hydrogen-bond acceptors (Lipinski definition) is 4. The molecule has 1 N–H and O–H groups in total. The standard InChI is InChI=1S/C18H11Cl2N3OS/c19-15-6-2-4-12(16(15)20)8-14-10-22-18(25-14)23-17(24)13-5-1-3-11(7-13)9-21/h1-7,10H,8H2,(H,22,23,24). The summed E-state index contributed by atoms with van der Waals surface area (Å²) in [6, 6.07) is 14.0. The second kappa shape index (κ2) is 7.66. The van der Waals surface area contributed by atoms with Crippen molar-refractivity contribution in [3.05, 3.63) is 80.3 Å². The van der Waals surface area contributed by atoms with Crippen LogP contribution in [0.5, 0.6) is 0 Å². The fraction of sp³-hybridized carbons (Fsp3) is 0.0556. The van der Waals surface area contributed by atoms with Gasteiger partial charge < -0.3 is 0 Å². The van der Waals surface area contributed by atoms with E-state index in [1.165, 1.54) is 17.4 Å². The first kappa shape index (κ1) is 17.4. The maximum atomic E-state index is 12.3. The maximum absolute atomic E-state index is 12.3. The highest BCUT2D eigenvalue weighted by atomic mass is 35.5. The molecule has 0 spiro atoms. The highest BCUT2D eigenvalue weighted by molar-refractivity contribution is 7.15. The summed E-state index contributed by atoms with van der Waals surface area (Å²) < 4.78 is 0. The normalized spacial score (nSPS) is 10.3. The Kier molecular flexibility index (Phi) is 5.34. The number of thiazole rings is 1. The van der Waals surface area contributed by atoms with Crippen LogP contribution in [0.1, 0.15) is 26.4 Å². The number of nitrogens with one attached hydrogen (secondary N) is 1. The van der Waals surface area contributed by atoms with Gasteiger partial charge in [-0.15, -0.1) is 11.3 Å². The average molecular weight is 388 g/mol. The minimum Gasteiger partial charge on any atom is -0.298 e. The molecular formula is C18H11Cl2N3OS.